The second-order valence-electron chi connectivity index (χ2n) is 1.78. The summed E-state index contributed by atoms with van der Waals surface area (Å²) in [6.07, 6.45) is 2.05. The van der Waals surface area contributed by atoms with E-state index in [1.807, 2.05) is 6.92 Å². The average molecular weight is 100 g/mol. The first-order valence-electron chi connectivity index (χ1n) is 2.43. The molecular formula is C5H8O2. The fourth-order valence-electron chi connectivity index (χ4n) is 0.572. The molecule has 7 heavy (non-hydrogen) atoms. The van der Waals surface area contributed by atoms with Gasteiger partial charge < -0.3 is 9.53 Å². The van der Waals surface area contributed by atoms with Gasteiger partial charge in [-0.15, -0.1) is 0 Å². The molecular weight excluding hydrogens is 92.1 g/mol. The summed E-state index contributed by atoms with van der Waals surface area (Å²) in [5.74, 6) is 0. The van der Waals surface area contributed by atoms with Crippen LogP contribution in [0, 0.1) is 0 Å². The van der Waals surface area contributed by atoms with Crippen LogP contribution in [0.5, 0.6) is 0 Å². The predicted octanol–water partition coefficient (Wildman–Crippen LogP) is 0.363. The Morgan fingerprint density at radius 1 is 1.86 bits per heavy atom. The van der Waals surface area contributed by atoms with Crippen molar-refractivity contribution in [1.29, 1.82) is 0 Å². The number of carbonyl (C=O) groups is 1. The van der Waals surface area contributed by atoms with E-state index >= 15 is 0 Å². The minimum absolute atomic E-state index is 0.248. The number of hydrogen-bond donors (Lipinski definition) is 0. The lowest BCUT2D eigenvalue weighted by atomic mass is 10.3. The Balaban J connectivity index is 2.08. The smallest absolute Gasteiger partial charge is 0.122 e. The van der Waals surface area contributed by atoms with Crippen molar-refractivity contribution in [3.63, 3.8) is 0 Å². The normalized spacial score (nSPS) is 37.9. The van der Waals surface area contributed by atoms with Crippen LogP contribution >= 0.6 is 0 Å². The van der Waals surface area contributed by atoms with Crippen molar-refractivity contribution in [1.82, 2.24) is 0 Å². The molecule has 1 fully saturated rings. The van der Waals surface area contributed by atoms with Gasteiger partial charge in [-0.2, -0.15) is 0 Å². The van der Waals surface area contributed by atoms with E-state index in [9.17, 15) is 4.79 Å². The second-order valence-corrected chi connectivity index (χ2v) is 1.78. The van der Waals surface area contributed by atoms with E-state index in [0.29, 0.717) is 12.5 Å². The highest BCUT2D eigenvalue weighted by atomic mass is 16.6. The van der Waals surface area contributed by atoms with Crippen molar-refractivity contribution < 1.29 is 9.53 Å². The Labute approximate surface area is 42.5 Å². The maximum atomic E-state index is 9.72. The van der Waals surface area contributed by atoms with Gasteiger partial charge in [0.05, 0.1) is 12.2 Å². The first-order chi connectivity index (χ1) is 3.34. The van der Waals surface area contributed by atoms with Gasteiger partial charge in [0.15, 0.2) is 0 Å². The van der Waals surface area contributed by atoms with Gasteiger partial charge in [-0.05, 0) is 6.92 Å². The lowest BCUT2D eigenvalue weighted by molar-refractivity contribution is -0.108. The average Bonchev–Trinajstić information content (AvgIpc) is 2.22. The summed E-state index contributed by atoms with van der Waals surface area (Å²) in [5, 5.41) is 0. The van der Waals surface area contributed by atoms with Gasteiger partial charge in [-0.1, -0.05) is 0 Å². The molecule has 2 atom stereocenters. The van der Waals surface area contributed by atoms with Crippen LogP contribution in [0.4, 0.5) is 0 Å². The first kappa shape index (κ1) is 4.78. The van der Waals surface area contributed by atoms with Crippen molar-refractivity contribution in [3.05, 3.63) is 0 Å². The Morgan fingerprint density at radius 3 is 2.57 bits per heavy atom. The second kappa shape index (κ2) is 1.62. The van der Waals surface area contributed by atoms with Gasteiger partial charge in [-0.3, -0.25) is 0 Å². The SMILES string of the molecule is CC1OC1CC=O. The molecule has 0 amide bonds. The van der Waals surface area contributed by atoms with Gasteiger partial charge in [0.1, 0.15) is 6.29 Å². The van der Waals surface area contributed by atoms with Gasteiger partial charge in [0.25, 0.3) is 0 Å². The third-order valence-corrected chi connectivity index (χ3v) is 1.16. The maximum absolute atomic E-state index is 9.72. The molecule has 1 heterocycles. The number of epoxide rings is 1. The molecule has 0 aliphatic carbocycles. The molecule has 0 aromatic carbocycles. The van der Waals surface area contributed by atoms with E-state index in [0.717, 1.165) is 6.29 Å². The molecule has 1 rings (SSSR count). The van der Waals surface area contributed by atoms with E-state index in [1.165, 1.54) is 0 Å². The van der Waals surface area contributed by atoms with Crippen LogP contribution in [0.3, 0.4) is 0 Å². The molecule has 1 aliphatic rings. The lowest BCUT2D eigenvalue weighted by Gasteiger charge is -1.72. The minimum Gasteiger partial charge on any atom is -0.369 e. The molecule has 2 nitrogen and oxygen atoms in total. The molecule has 2 heteroatoms. The van der Waals surface area contributed by atoms with Crippen molar-refractivity contribution >= 4 is 6.29 Å². The molecule has 0 bridgehead atoms. The highest BCUT2D eigenvalue weighted by Gasteiger charge is 2.32. The molecule has 1 saturated heterocycles. The molecule has 0 radical (unpaired) electrons. The number of hydrogen-bond acceptors (Lipinski definition) is 2. The Hall–Kier alpha value is -0.370. The van der Waals surface area contributed by atoms with Crippen molar-refractivity contribution in [2.45, 2.75) is 25.6 Å². The van der Waals surface area contributed by atoms with Gasteiger partial charge in [-0.25, -0.2) is 0 Å². The molecule has 0 spiro atoms. The molecule has 0 saturated carbocycles. The van der Waals surface area contributed by atoms with Crippen LogP contribution in [0.2, 0.25) is 0 Å². The first-order valence-corrected chi connectivity index (χ1v) is 2.43. The van der Waals surface area contributed by atoms with E-state index in [2.05, 4.69) is 0 Å². The number of aldehydes is 1. The van der Waals surface area contributed by atoms with Crippen molar-refractivity contribution in [2.75, 3.05) is 0 Å². The highest BCUT2D eigenvalue weighted by molar-refractivity contribution is 5.50. The standard InChI is InChI=1S/C5H8O2/c1-4-5(7-4)2-3-6/h3-5H,2H2,1H3. The highest BCUT2D eigenvalue weighted by Crippen LogP contribution is 2.22. The summed E-state index contributed by atoms with van der Waals surface area (Å²) in [4.78, 5) is 9.72. The van der Waals surface area contributed by atoms with Crippen LogP contribution in [0.25, 0.3) is 0 Å². The zero-order valence-corrected chi connectivity index (χ0v) is 4.26. The van der Waals surface area contributed by atoms with Crippen LogP contribution < -0.4 is 0 Å². The molecule has 2 unspecified atom stereocenters. The Morgan fingerprint density at radius 2 is 2.43 bits per heavy atom. The fraction of sp³-hybridized carbons (Fsp3) is 0.800. The summed E-state index contributed by atoms with van der Waals surface area (Å²) in [6, 6.07) is 0. The summed E-state index contributed by atoms with van der Waals surface area (Å²) in [7, 11) is 0. The monoisotopic (exact) mass is 100 g/mol. The number of rotatable bonds is 2. The molecule has 0 aromatic heterocycles. The number of ether oxygens (including phenoxy) is 1. The van der Waals surface area contributed by atoms with Crippen molar-refractivity contribution in [2.24, 2.45) is 0 Å². The quantitative estimate of drug-likeness (QED) is 0.370. The summed E-state index contributed by atoms with van der Waals surface area (Å²) >= 11 is 0. The third kappa shape index (κ3) is 0.996. The van der Waals surface area contributed by atoms with E-state index in [1.54, 1.807) is 0 Å². The zero-order chi connectivity index (χ0) is 5.28. The fourth-order valence-corrected chi connectivity index (χ4v) is 0.572. The predicted molar refractivity (Wildman–Crippen MR) is 25.0 cm³/mol. The number of carbonyl (C=O) groups excluding carboxylic acids is 1. The summed E-state index contributed by atoms with van der Waals surface area (Å²) in [6.45, 7) is 1.97. The molecule has 0 aromatic rings. The van der Waals surface area contributed by atoms with Gasteiger partial charge >= 0.3 is 0 Å². The lowest BCUT2D eigenvalue weighted by Crippen LogP contribution is -1.88. The van der Waals surface area contributed by atoms with E-state index in [-0.39, 0.29) is 6.10 Å². The summed E-state index contributed by atoms with van der Waals surface area (Å²) in [5.41, 5.74) is 0. The third-order valence-electron chi connectivity index (χ3n) is 1.16. The zero-order valence-electron chi connectivity index (χ0n) is 4.26. The topological polar surface area (TPSA) is 29.6 Å². The van der Waals surface area contributed by atoms with Gasteiger partial charge in [0, 0.05) is 6.42 Å². The van der Waals surface area contributed by atoms with Crippen LogP contribution in [0.15, 0.2) is 0 Å². The van der Waals surface area contributed by atoms with Crippen LogP contribution in [0.1, 0.15) is 13.3 Å². The summed E-state index contributed by atoms with van der Waals surface area (Å²) < 4.78 is 4.93. The van der Waals surface area contributed by atoms with Crippen LogP contribution in [-0.4, -0.2) is 18.5 Å². The van der Waals surface area contributed by atoms with E-state index in [4.69, 9.17) is 4.74 Å². The van der Waals surface area contributed by atoms with Crippen molar-refractivity contribution in [3.8, 4) is 0 Å². The largest absolute Gasteiger partial charge is 0.369 e. The maximum Gasteiger partial charge on any atom is 0.122 e. The van der Waals surface area contributed by atoms with Crippen LogP contribution in [-0.2, 0) is 9.53 Å². The molecule has 0 N–H and O–H groups in total. The molecule has 1 aliphatic heterocycles. The Bertz CT molecular complexity index is 80.1. The minimum atomic E-state index is 0.248. The van der Waals surface area contributed by atoms with Gasteiger partial charge in [0.2, 0.25) is 0 Å². The van der Waals surface area contributed by atoms with E-state index < -0.39 is 0 Å². The molecule has 40 valence electrons. The Kier molecular flexibility index (Phi) is 1.11.